The van der Waals surface area contributed by atoms with Gasteiger partial charge in [-0.3, -0.25) is 0 Å². The van der Waals surface area contributed by atoms with E-state index in [9.17, 15) is 4.79 Å². The number of fused-ring (bicyclic) bond motifs is 1. The molecule has 0 saturated heterocycles. The quantitative estimate of drug-likeness (QED) is 0.317. The number of aryl methyl sites for hydroxylation is 1. The second-order valence-corrected chi connectivity index (χ2v) is 10.5. The highest BCUT2D eigenvalue weighted by Crippen LogP contribution is 2.44. The first-order chi connectivity index (χ1) is 17.0. The maximum atomic E-state index is 15.7. The van der Waals surface area contributed by atoms with E-state index in [1.54, 1.807) is 57.2 Å². The summed E-state index contributed by atoms with van der Waals surface area (Å²) in [6, 6.07) is 12.5. The fourth-order valence-electron chi connectivity index (χ4n) is 4.52. The van der Waals surface area contributed by atoms with Gasteiger partial charge in [-0.15, -0.1) is 0 Å². The predicted molar refractivity (Wildman–Crippen MR) is 140 cm³/mol. The standard InChI is InChI=1S/C29H26Cl2F2O3/c1-29(2,3)36-19-14-24(32)27(25(33)15-19)26-20-10-8-17(28(34)35-4)12-16(20)6-5-7-22(26)21-11-9-18(30)13-23(21)31/h8-15H,5-7H2,1-4H3. The van der Waals surface area contributed by atoms with Gasteiger partial charge in [0.05, 0.1) is 18.2 Å². The molecule has 0 radical (unpaired) electrons. The van der Waals surface area contributed by atoms with E-state index in [4.69, 9.17) is 32.7 Å². The van der Waals surface area contributed by atoms with E-state index >= 15 is 8.78 Å². The van der Waals surface area contributed by atoms with Crippen LogP contribution in [0.5, 0.6) is 5.75 Å². The third-order valence-corrected chi connectivity index (χ3v) is 6.46. The first-order valence-corrected chi connectivity index (χ1v) is 12.3. The van der Waals surface area contributed by atoms with Crippen molar-refractivity contribution in [3.63, 3.8) is 0 Å². The summed E-state index contributed by atoms with van der Waals surface area (Å²) in [6.45, 7) is 5.42. The molecule has 4 rings (SSSR count). The number of esters is 1. The number of hydrogen-bond acceptors (Lipinski definition) is 3. The highest BCUT2D eigenvalue weighted by atomic mass is 35.5. The molecular weight excluding hydrogens is 505 g/mol. The Kier molecular flexibility index (Phi) is 7.44. The molecule has 7 heteroatoms. The van der Waals surface area contributed by atoms with Crippen molar-refractivity contribution in [3.8, 4) is 5.75 Å². The van der Waals surface area contributed by atoms with Crippen molar-refractivity contribution in [2.75, 3.05) is 7.11 Å². The number of ether oxygens (including phenoxy) is 2. The van der Waals surface area contributed by atoms with Crippen molar-refractivity contribution in [2.24, 2.45) is 0 Å². The predicted octanol–water partition coefficient (Wildman–Crippen LogP) is 8.53. The van der Waals surface area contributed by atoms with E-state index in [2.05, 4.69) is 0 Å². The van der Waals surface area contributed by atoms with Crippen molar-refractivity contribution in [1.29, 1.82) is 0 Å². The smallest absolute Gasteiger partial charge is 0.337 e. The maximum absolute atomic E-state index is 15.7. The average Bonchev–Trinajstić information content (AvgIpc) is 2.96. The molecule has 1 aliphatic carbocycles. The van der Waals surface area contributed by atoms with E-state index in [0.717, 1.165) is 5.56 Å². The summed E-state index contributed by atoms with van der Waals surface area (Å²) in [5.41, 5.74) is 2.73. The minimum Gasteiger partial charge on any atom is -0.488 e. The molecule has 3 aromatic carbocycles. The Morgan fingerprint density at radius 3 is 2.19 bits per heavy atom. The normalized spacial score (nSPS) is 13.8. The van der Waals surface area contributed by atoms with Gasteiger partial charge in [-0.25, -0.2) is 13.6 Å². The molecule has 0 aliphatic heterocycles. The van der Waals surface area contributed by atoms with Gasteiger partial charge >= 0.3 is 5.97 Å². The highest BCUT2D eigenvalue weighted by Gasteiger charge is 2.28. The van der Waals surface area contributed by atoms with Crippen LogP contribution in [0.25, 0.3) is 11.1 Å². The number of benzene rings is 3. The Hall–Kier alpha value is -2.89. The zero-order chi connectivity index (χ0) is 26.2. The number of carbonyl (C=O) groups excluding carboxylic acids is 1. The lowest BCUT2D eigenvalue weighted by Crippen LogP contribution is -2.23. The molecule has 3 aromatic rings. The van der Waals surface area contributed by atoms with Crippen LogP contribution in [0.15, 0.2) is 48.5 Å². The minimum atomic E-state index is -0.753. The molecule has 0 spiro atoms. The van der Waals surface area contributed by atoms with Crippen LogP contribution in [-0.4, -0.2) is 18.7 Å². The van der Waals surface area contributed by atoms with Gasteiger partial charge in [-0.1, -0.05) is 35.3 Å². The Morgan fingerprint density at radius 1 is 0.917 bits per heavy atom. The molecule has 0 unspecified atom stereocenters. The number of rotatable bonds is 4. The molecule has 36 heavy (non-hydrogen) atoms. The Balaban J connectivity index is 2.02. The summed E-state index contributed by atoms with van der Waals surface area (Å²) in [5.74, 6) is -1.88. The van der Waals surface area contributed by atoms with Crippen molar-refractivity contribution >= 4 is 40.3 Å². The van der Waals surface area contributed by atoms with E-state index in [-0.39, 0.29) is 11.3 Å². The molecule has 3 nitrogen and oxygen atoms in total. The van der Waals surface area contributed by atoms with Gasteiger partial charge in [-0.05, 0) is 92.1 Å². The monoisotopic (exact) mass is 530 g/mol. The van der Waals surface area contributed by atoms with Gasteiger partial charge in [-0.2, -0.15) is 0 Å². The lowest BCUT2D eigenvalue weighted by atomic mass is 9.86. The molecule has 1 aliphatic rings. The lowest BCUT2D eigenvalue weighted by molar-refractivity contribution is 0.0600. The van der Waals surface area contributed by atoms with Crippen molar-refractivity contribution in [1.82, 2.24) is 0 Å². The van der Waals surface area contributed by atoms with Gasteiger partial charge in [0.25, 0.3) is 0 Å². The second-order valence-electron chi connectivity index (χ2n) is 9.67. The largest absolute Gasteiger partial charge is 0.488 e. The van der Waals surface area contributed by atoms with E-state index in [1.165, 1.54) is 19.2 Å². The molecule has 0 bridgehead atoms. The summed E-state index contributed by atoms with van der Waals surface area (Å²) in [7, 11) is 1.31. The summed E-state index contributed by atoms with van der Waals surface area (Å²) in [4.78, 5) is 12.2. The van der Waals surface area contributed by atoms with E-state index < -0.39 is 23.2 Å². The molecule has 0 amide bonds. The third kappa shape index (κ3) is 5.42. The van der Waals surface area contributed by atoms with Crippen LogP contribution in [0.4, 0.5) is 8.78 Å². The van der Waals surface area contributed by atoms with Gasteiger partial charge in [0.15, 0.2) is 0 Å². The van der Waals surface area contributed by atoms with Crippen LogP contribution in [0.2, 0.25) is 10.0 Å². The fraction of sp³-hybridized carbons (Fsp3) is 0.276. The van der Waals surface area contributed by atoms with Crippen LogP contribution in [0.3, 0.4) is 0 Å². The Labute approximate surface area is 219 Å². The van der Waals surface area contributed by atoms with Gasteiger partial charge < -0.3 is 9.47 Å². The first kappa shape index (κ1) is 26.2. The molecular formula is C29H26Cl2F2O3. The van der Waals surface area contributed by atoms with E-state index in [1.807, 2.05) is 0 Å². The zero-order valence-electron chi connectivity index (χ0n) is 20.5. The lowest BCUT2D eigenvalue weighted by Gasteiger charge is -2.23. The van der Waals surface area contributed by atoms with Gasteiger partial charge in [0.1, 0.15) is 23.0 Å². The average molecular weight is 531 g/mol. The Morgan fingerprint density at radius 2 is 1.58 bits per heavy atom. The number of allylic oxidation sites excluding steroid dienone is 1. The molecule has 0 fully saturated rings. The molecule has 0 N–H and O–H groups in total. The maximum Gasteiger partial charge on any atom is 0.337 e. The topological polar surface area (TPSA) is 35.5 Å². The number of hydrogen-bond donors (Lipinski definition) is 0. The van der Waals surface area contributed by atoms with Crippen molar-refractivity contribution in [2.45, 2.75) is 45.6 Å². The molecule has 0 saturated carbocycles. The minimum absolute atomic E-state index is 0.0998. The summed E-state index contributed by atoms with van der Waals surface area (Å²) >= 11 is 12.7. The highest BCUT2D eigenvalue weighted by molar-refractivity contribution is 6.36. The summed E-state index contributed by atoms with van der Waals surface area (Å²) in [5, 5.41) is 0.849. The van der Waals surface area contributed by atoms with Crippen molar-refractivity contribution < 1.29 is 23.0 Å². The van der Waals surface area contributed by atoms with Crippen LogP contribution < -0.4 is 4.74 Å². The van der Waals surface area contributed by atoms with Crippen molar-refractivity contribution in [3.05, 3.63) is 98.0 Å². The second kappa shape index (κ2) is 10.2. The van der Waals surface area contributed by atoms with Crippen LogP contribution in [0, 0.1) is 11.6 Å². The fourth-order valence-corrected chi connectivity index (χ4v) is 5.05. The van der Waals surface area contributed by atoms with Crippen LogP contribution in [0.1, 0.15) is 66.2 Å². The summed E-state index contributed by atoms with van der Waals surface area (Å²) in [6.07, 6.45) is 1.80. The van der Waals surface area contributed by atoms with E-state index in [0.29, 0.717) is 57.1 Å². The SMILES string of the molecule is COC(=O)c1ccc2c(c1)CCCC(c1ccc(Cl)cc1Cl)=C2c1c(F)cc(OC(C)(C)C)cc1F. The zero-order valence-corrected chi connectivity index (χ0v) is 22.0. The van der Waals surface area contributed by atoms with Gasteiger partial charge in [0, 0.05) is 22.2 Å². The van der Waals surface area contributed by atoms with Gasteiger partial charge in [0.2, 0.25) is 0 Å². The number of halogens is 4. The summed E-state index contributed by atoms with van der Waals surface area (Å²) < 4.78 is 42.0. The number of carbonyl (C=O) groups is 1. The van der Waals surface area contributed by atoms with Crippen LogP contribution >= 0.6 is 23.2 Å². The molecule has 0 heterocycles. The molecule has 0 aromatic heterocycles. The molecule has 0 atom stereocenters. The van der Waals surface area contributed by atoms with Crippen LogP contribution in [-0.2, 0) is 11.2 Å². The number of methoxy groups -OCH3 is 1. The third-order valence-electron chi connectivity index (χ3n) is 5.92. The first-order valence-electron chi connectivity index (χ1n) is 11.6. The molecule has 188 valence electrons. The Bertz CT molecular complexity index is 1350.